The zero-order chi connectivity index (χ0) is 23.4. The van der Waals surface area contributed by atoms with E-state index < -0.39 is 0 Å². The minimum absolute atomic E-state index is 0.0298. The predicted octanol–water partition coefficient (Wildman–Crippen LogP) is 4.81. The first-order valence-corrected chi connectivity index (χ1v) is 11.6. The van der Waals surface area contributed by atoms with Crippen molar-refractivity contribution in [3.8, 4) is 22.5 Å². The Kier molecular flexibility index (Phi) is 6.82. The minimum Gasteiger partial charge on any atom is -0.274 e. The van der Waals surface area contributed by atoms with E-state index in [1.54, 1.807) is 4.68 Å². The molecule has 0 spiro atoms. The summed E-state index contributed by atoms with van der Waals surface area (Å²) in [6.07, 6.45) is 2.89. The van der Waals surface area contributed by atoms with Crippen LogP contribution in [0.1, 0.15) is 70.3 Å². The molecular formula is C25H31N7O. The molecule has 0 radical (unpaired) electrons. The number of aromatic nitrogens is 7. The van der Waals surface area contributed by atoms with E-state index in [1.807, 2.05) is 28.8 Å². The molecule has 4 rings (SSSR count). The maximum absolute atomic E-state index is 13.2. The van der Waals surface area contributed by atoms with Gasteiger partial charge in [0.15, 0.2) is 0 Å². The van der Waals surface area contributed by atoms with Crippen molar-refractivity contribution in [3.63, 3.8) is 0 Å². The lowest BCUT2D eigenvalue weighted by atomic mass is 9.98. The highest BCUT2D eigenvalue weighted by molar-refractivity contribution is 5.80. The first-order chi connectivity index (χ1) is 16.0. The quantitative estimate of drug-likeness (QED) is 0.399. The molecular weight excluding hydrogens is 414 g/mol. The molecule has 0 saturated carbocycles. The van der Waals surface area contributed by atoms with Crippen molar-refractivity contribution < 1.29 is 0 Å². The van der Waals surface area contributed by atoms with Crippen molar-refractivity contribution >= 4 is 0 Å². The van der Waals surface area contributed by atoms with Crippen LogP contribution in [0, 0.1) is 0 Å². The van der Waals surface area contributed by atoms with Gasteiger partial charge in [0.05, 0.1) is 12.6 Å². The van der Waals surface area contributed by atoms with Crippen LogP contribution in [0.4, 0.5) is 0 Å². The van der Waals surface area contributed by atoms with E-state index in [0.29, 0.717) is 12.4 Å². The van der Waals surface area contributed by atoms with Gasteiger partial charge in [-0.25, -0.2) is 9.48 Å². The fraction of sp³-hybridized carbons (Fsp3) is 0.400. The number of hydrogen-bond donors (Lipinski definition) is 1. The van der Waals surface area contributed by atoms with Crippen LogP contribution in [0.2, 0.25) is 0 Å². The molecule has 8 nitrogen and oxygen atoms in total. The van der Waals surface area contributed by atoms with Crippen LogP contribution in [0.5, 0.6) is 0 Å². The predicted molar refractivity (Wildman–Crippen MR) is 129 cm³/mol. The highest BCUT2D eigenvalue weighted by Crippen LogP contribution is 2.30. The molecule has 2 heterocycles. The average Bonchev–Trinajstić information content (AvgIpc) is 3.48. The van der Waals surface area contributed by atoms with Crippen molar-refractivity contribution in [2.75, 3.05) is 0 Å². The Bertz CT molecular complexity index is 1240. The molecule has 4 aromatic rings. The molecule has 0 amide bonds. The molecule has 0 fully saturated rings. The highest BCUT2D eigenvalue weighted by Gasteiger charge is 2.20. The van der Waals surface area contributed by atoms with Gasteiger partial charge in [-0.2, -0.15) is 10.3 Å². The Balaban J connectivity index is 1.65. The van der Waals surface area contributed by atoms with Gasteiger partial charge in [-0.1, -0.05) is 75.7 Å². The maximum atomic E-state index is 13.2. The third-order valence-corrected chi connectivity index (χ3v) is 6.21. The third kappa shape index (κ3) is 4.65. The number of nitrogens with zero attached hydrogens (tertiary/aromatic N) is 6. The Morgan fingerprint density at radius 3 is 2.36 bits per heavy atom. The van der Waals surface area contributed by atoms with Gasteiger partial charge in [-0.05, 0) is 41.7 Å². The molecule has 0 saturated heterocycles. The second kappa shape index (κ2) is 9.94. The molecule has 172 valence electrons. The molecule has 0 aliphatic rings. The summed E-state index contributed by atoms with van der Waals surface area (Å²) < 4.78 is 3.50. The standard InChI is InChI=1S/C25H31N7O/c1-5-9-18(4)32-25(33)31(24(28-32)17(3)6-2)16-19-12-14-20(15-13-19)21-10-7-8-11-22(21)23-26-29-30-27-23/h7-8,10-15,17-18H,5-6,9,16H2,1-4H3,(H,26,27,29,30). The van der Waals surface area contributed by atoms with E-state index in [4.69, 9.17) is 5.10 Å². The normalized spacial score (nSPS) is 13.2. The molecule has 2 aromatic carbocycles. The van der Waals surface area contributed by atoms with Gasteiger partial charge < -0.3 is 0 Å². The van der Waals surface area contributed by atoms with Crippen molar-refractivity contribution in [1.29, 1.82) is 0 Å². The number of aromatic amines is 1. The average molecular weight is 446 g/mol. The van der Waals surface area contributed by atoms with Crippen LogP contribution in [-0.4, -0.2) is 35.0 Å². The van der Waals surface area contributed by atoms with E-state index in [1.165, 1.54) is 0 Å². The topological polar surface area (TPSA) is 94.3 Å². The summed E-state index contributed by atoms with van der Waals surface area (Å²) in [7, 11) is 0. The molecule has 2 atom stereocenters. The smallest absolute Gasteiger partial charge is 0.274 e. The zero-order valence-electron chi connectivity index (χ0n) is 19.7. The lowest BCUT2D eigenvalue weighted by Crippen LogP contribution is -2.28. The molecule has 8 heteroatoms. The molecule has 2 unspecified atom stereocenters. The van der Waals surface area contributed by atoms with E-state index in [2.05, 4.69) is 72.6 Å². The molecule has 0 aliphatic carbocycles. The number of nitrogens with one attached hydrogen (secondary N) is 1. The van der Waals surface area contributed by atoms with Gasteiger partial charge in [0, 0.05) is 11.5 Å². The SMILES string of the molecule is CCCC(C)n1nc(C(C)CC)n(Cc2ccc(-c3ccccc3-c3nn[nH]n3)cc2)c1=O. The Labute approximate surface area is 193 Å². The van der Waals surface area contributed by atoms with Crippen LogP contribution >= 0.6 is 0 Å². The number of benzene rings is 2. The summed E-state index contributed by atoms with van der Waals surface area (Å²) >= 11 is 0. The number of rotatable bonds is 9. The van der Waals surface area contributed by atoms with Crippen LogP contribution in [-0.2, 0) is 6.54 Å². The summed E-state index contributed by atoms with van der Waals surface area (Å²) in [5.41, 5.74) is 4.04. The van der Waals surface area contributed by atoms with E-state index in [-0.39, 0.29) is 17.6 Å². The first-order valence-electron chi connectivity index (χ1n) is 11.6. The van der Waals surface area contributed by atoms with Crippen molar-refractivity contribution in [3.05, 3.63) is 70.4 Å². The summed E-state index contributed by atoms with van der Waals surface area (Å²) in [5, 5.41) is 19.2. The molecule has 1 N–H and O–H groups in total. The van der Waals surface area contributed by atoms with Crippen LogP contribution in [0.3, 0.4) is 0 Å². The zero-order valence-corrected chi connectivity index (χ0v) is 19.7. The van der Waals surface area contributed by atoms with Crippen LogP contribution in [0.15, 0.2) is 53.3 Å². The second-order valence-electron chi connectivity index (χ2n) is 8.60. The lowest BCUT2D eigenvalue weighted by Gasteiger charge is -2.11. The van der Waals surface area contributed by atoms with E-state index in [0.717, 1.165) is 47.3 Å². The maximum Gasteiger partial charge on any atom is 0.346 e. The van der Waals surface area contributed by atoms with Crippen LogP contribution in [0.25, 0.3) is 22.5 Å². The summed E-state index contributed by atoms with van der Waals surface area (Å²) in [6, 6.07) is 16.4. The number of hydrogen-bond acceptors (Lipinski definition) is 5. The molecule has 2 aromatic heterocycles. The Hall–Kier alpha value is -3.55. The third-order valence-electron chi connectivity index (χ3n) is 6.21. The minimum atomic E-state index is -0.0298. The van der Waals surface area contributed by atoms with Gasteiger partial charge in [0.2, 0.25) is 5.82 Å². The second-order valence-corrected chi connectivity index (χ2v) is 8.60. The fourth-order valence-corrected chi connectivity index (χ4v) is 4.13. The van der Waals surface area contributed by atoms with Crippen molar-refractivity contribution in [2.24, 2.45) is 0 Å². The Morgan fingerprint density at radius 2 is 1.73 bits per heavy atom. The lowest BCUT2D eigenvalue weighted by molar-refractivity contribution is 0.434. The van der Waals surface area contributed by atoms with Crippen molar-refractivity contribution in [2.45, 2.75) is 65.5 Å². The first kappa shape index (κ1) is 22.6. The Morgan fingerprint density at radius 1 is 1.00 bits per heavy atom. The van der Waals surface area contributed by atoms with Gasteiger partial charge in [0.1, 0.15) is 5.82 Å². The summed E-state index contributed by atoms with van der Waals surface area (Å²) in [4.78, 5) is 13.2. The fourth-order valence-electron chi connectivity index (χ4n) is 4.13. The molecule has 33 heavy (non-hydrogen) atoms. The molecule has 0 aliphatic heterocycles. The summed E-state index contributed by atoms with van der Waals surface area (Å²) in [5.74, 6) is 1.64. The summed E-state index contributed by atoms with van der Waals surface area (Å²) in [6.45, 7) is 8.96. The van der Waals surface area contributed by atoms with Crippen molar-refractivity contribution in [1.82, 2.24) is 35.0 Å². The number of tetrazole rings is 1. The monoisotopic (exact) mass is 445 g/mol. The van der Waals surface area contributed by atoms with Gasteiger partial charge >= 0.3 is 5.69 Å². The van der Waals surface area contributed by atoms with Gasteiger partial charge in [-0.15, -0.1) is 10.2 Å². The van der Waals surface area contributed by atoms with Gasteiger partial charge in [-0.3, -0.25) is 4.57 Å². The highest BCUT2D eigenvalue weighted by atomic mass is 16.2. The van der Waals surface area contributed by atoms with Crippen LogP contribution < -0.4 is 5.69 Å². The van der Waals surface area contributed by atoms with E-state index >= 15 is 0 Å². The largest absolute Gasteiger partial charge is 0.346 e. The van der Waals surface area contributed by atoms with Gasteiger partial charge in [0.25, 0.3) is 0 Å². The van der Waals surface area contributed by atoms with E-state index in [9.17, 15) is 4.79 Å². The molecule has 0 bridgehead atoms. The number of H-pyrrole nitrogens is 1.